The van der Waals surface area contributed by atoms with Crippen molar-refractivity contribution in [3.8, 4) is 5.75 Å². The summed E-state index contributed by atoms with van der Waals surface area (Å²) in [5.74, 6) is -1.28. The Morgan fingerprint density at radius 3 is 2.65 bits per heavy atom. The third kappa shape index (κ3) is 9.37. The van der Waals surface area contributed by atoms with Crippen LogP contribution in [0.2, 0.25) is 5.02 Å². The number of carbonyl (C=O) groups is 4. The van der Waals surface area contributed by atoms with Crippen LogP contribution in [0.1, 0.15) is 59.4 Å². The van der Waals surface area contributed by atoms with E-state index in [0.29, 0.717) is 23.6 Å². The molecule has 3 amide bonds. The summed E-state index contributed by atoms with van der Waals surface area (Å²) in [5, 5.41) is 14.5. The summed E-state index contributed by atoms with van der Waals surface area (Å²) in [6, 6.07) is 2.69. The van der Waals surface area contributed by atoms with Crippen molar-refractivity contribution >= 4 is 62.8 Å². The van der Waals surface area contributed by atoms with Crippen LogP contribution in [0.5, 0.6) is 5.75 Å². The van der Waals surface area contributed by atoms with Gasteiger partial charge in [0.1, 0.15) is 40.3 Å². The Morgan fingerprint density at radius 2 is 1.98 bits per heavy atom. The van der Waals surface area contributed by atoms with Crippen LogP contribution in [0.4, 0.5) is 10.5 Å². The fourth-order valence-electron chi connectivity index (χ4n) is 6.51. The van der Waals surface area contributed by atoms with E-state index in [4.69, 9.17) is 30.5 Å². The summed E-state index contributed by atoms with van der Waals surface area (Å²) in [7, 11) is 7.75. The quantitative estimate of drug-likeness (QED) is 0.149. The molecule has 51 heavy (non-hydrogen) atoms. The zero-order valence-corrected chi connectivity index (χ0v) is 33.1. The molecule has 4 rings (SSSR count). The fourth-order valence-corrected chi connectivity index (χ4v) is 8.00. The summed E-state index contributed by atoms with van der Waals surface area (Å²) < 4.78 is 23.6. The molecule has 4 bridgehead atoms. The zero-order chi connectivity index (χ0) is 37.8. The smallest absolute Gasteiger partial charge is 0.409 e. The number of esters is 1. The number of nitrogens with one attached hydrogen (secondary N) is 1. The van der Waals surface area contributed by atoms with Crippen molar-refractivity contribution in [2.75, 3.05) is 38.1 Å². The normalized spacial score (nSPS) is 31.9. The number of carbonyl (C=O) groups excluding carboxylic acids is 4. The van der Waals surface area contributed by atoms with Crippen molar-refractivity contribution in [3.63, 3.8) is 0 Å². The van der Waals surface area contributed by atoms with Gasteiger partial charge in [-0.3, -0.25) is 14.9 Å². The van der Waals surface area contributed by atoms with Crippen molar-refractivity contribution in [2.45, 2.75) is 96.0 Å². The Morgan fingerprint density at radius 1 is 1.27 bits per heavy atom. The topological polar surface area (TPSA) is 147 Å². The minimum atomic E-state index is -1.61. The largest absolute Gasteiger partial charge is 0.495 e. The first-order valence-electron chi connectivity index (χ1n) is 16.9. The molecule has 2 N–H and O–H groups in total. The van der Waals surface area contributed by atoms with Crippen molar-refractivity contribution in [2.24, 2.45) is 11.8 Å². The highest BCUT2D eigenvalue weighted by Crippen LogP contribution is 2.49. The van der Waals surface area contributed by atoms with E-state index in [-0.39, 0.29) is 30.2 Å². The van der Waals surface area contributed by atoms with E-state index >= 15 is 0 Å². The number of fused-ring (bicyclic) bond motifs is 5. The third-order valence-electron chi connectivity index (χ3n) is 10.2. The molecule has 0 saturated carbocycles. The third-order valence-corrected chi connectivity index (χ3v) is 12.4. The molecule has 0 aromatic heterocycles. The van der Waals surface area contributed by atoms with Crippen LogP contribution >= 0.6 is 33.2 Å². The number of benzene rings is 1. The van der Waals surface area contributed by atoms with Crippen molar-refractivity contribution in [3.05, 3.63) is 46.5 Å². The van der Waals surface area contributed by atoms with Crippen LogP contribution < -0.4 is 15.0 Å². The maximum Gasteiger partial charge on any atom is 0.409 e. The number of rotatable bonds is 8. The summed E-state index contributed by atoms with van der Waals surface area (Å²) in [5.41, 5.74) is -0.544. The first-order valence-corrected chi connectivity index (χ1v) is 20.0. The number of hydrogen-bond donors (Lipinski definition) is 2. The molecular weight excluding hydrogens is 718 g/mol. The van der Waals surface area contributed by atoms with Gasteiger partial charge in [0.25, 0.3) is 0 Å². The molecule has 2 saturated heterocycles. The fraction of sp³-hybridized carbons (Fsp3) is 0.611. The van der Waals surface area contributed by atoms with Crippen LogP contribution in [0.25, 0.3) is 0 Å². The highest BCUT2D eigenvalue weighted by Gasteiger charge is 2.64. The maximum atomic E-state index is 14.1. The number of alkyl carbamates (subject to hydrolysis) is 1. The first kappa shape index (κ1) is 40.9. The number of ether oxygens (including phenoxy) is 4. The molecule has 282 valence electrons. The van der Waals surface area contributed by atoms with Gasteiger partial charge < -0.3 is 33.9 Å². The second kappa shape index (κ2) is 16.8. The molecule has 12 nitrogen and oxygen atoms in total. The lowest BCUT2D eigenvalue weighted by molar-refractivity contribution is -0.161. The van der Waals surface area contributed by atoms with Crippen LogP contribution in [-0.4, -0.2) is 103 Å². The molecule has 3 heterocycles. The number of nitrogens with zero attached hydrogens (tertiary/aromatic N) is 2. The van der Waals surface area contributed by atoms with Gasteiger partial charge in [-0.25, -0.2) is 9.59 Å². The van der Waals surface area contributed by atoms with Crippen LogP contribution in [0.3, 0.4) is 0 Å². The van der Waals surface area contributed by atoms with E-state index in [1.165, 1.54) is 16.9 Å². The average Bonchev–Trinajstić information content (AvgIpc) is 3.78. The molecule has 3 aliphatic heterocycles. The van der Waals surface area contributed by atoms with Gasteiger partial charge in [-0.1, -0.05) is 70.8 Å². The number of methoxy groups -OCH3 is 1. The molecule has 0 aliphatic carbocycles. The highest BCUT2D eigenvalue weighted by atomic mass is 35.5. The van der Waals surface area contributed by atoms with Gasteiger partial charge in [-0.15, -0.1) is 0 Å². The van der Waals surface area contributed by atoms with E-state index < -0.39 is 65.5 Å². The van der Waals surface area contributed by atoms with Crippen LogP contribution in [0.15, 0.2) is 35.9 Å². The maximum absolute atomic E-state index is 14.1. The van der Waals surface area contributed by atoms with E-state index in [9.17, 15) is 24.3 Å². The van der Waals surface area contributed by atoms with Gasteiger partial charge in [0, 0.05) is 44.5 Å². The van der Waals surface area contributed by atoms with E-state index in [1.807, 2.05) is 57.4 Å². The highest BCUT2D eigenvalue weighted by molar-refractivity contribution is 8.76. The van der Waals surface area contributed by atoms with Gasteiger partial charge in [0.2, 0.25) is 11.8 Å². The van der Waals surface area contributed by atoms with Gasteiger partial charge in [-0.2, -0.15) is 0 Å². The van der Waals surface area contributed by atoms with Gasteiger partial charge in [0.15, 0.2) is 0 Å². The van der Waals surface area contributed by atoms with E-state index in [1.54, 1.807) is 49.5 Å². The number of anilines is 1. The Hall–Kier alpha value is -2.91. The molecule has 8 atom stereocenters. The first-order chi connectivity index (χ1) is 23.9. The molecule has 3 aliphatic rings. The Kier molecular flexibility index (Phi) is 13.5. The predicted molar refractivity (Wildman–Crippen MR) is 200 cm³/mol. The lowest BCUT2D eigenvalue weighted by atomic mass is 9.82. The minimum Gasteiger partial charge on any atom is -0.495 e. The summed E-state index contributed by atoms with van der Waals surface area (Å²) in [4.78, 5) is 56.1. The van der Waals surface area contributed by atoms with Crippen LogP contribution in [-0.2, 0) is 35.0 Å². The number of aliphatic hydroxyl groups is 1. The molecule has 15 heteroatoms. The number of amides is 3. The number of halogens is 1. The molecule has 0 unspecified atom stereocenters. The molecule has 1 aromatic carbocycles. The number of likely N-dealkylation sites (N-methyl/N-ethyl adjacent to an activating group) is 1. The van der Waals surface area contributed by atoms with Crippen LogP contribution in [0, 0.1) is 11.8 Å². The Labute approximate surface area is 313 Å². The lowest BCUT2D eigenvalue weighted by Crippen LogP contribution is -2.60. The van der Waals surface area contributed by atoms with Crippen molar-refractivity contribution in [1.29, 1.82) is 0 Å². The van der Waals surface area contributed by atoms with Gasteiger partial charge in [0.05, 0.1) is 25.3 Å². The van der Waals surface area contributed by atoms with E-state index in [2.05, 4.69) is 5.32 Å². The number of allylic oxidation sites excluding steroid dienone is 3. The monoisotopic (exact) mass is 767 g/mol. The van der Waals surface area contributed by atoms with E-state index in [0.717, 1.165) is 11.1 Å². The van der Waals surface area contributed by atoms with Gasteiger partial charge >= 0.3 is 12.1 Å². The predicted octanol–water partition coefficient (Wildman–Crippen LogP) is 5.54. The Balaban J connectivity index is 1.73. The molecule has 1 aromatic rings. The second-order valence-corrected chi connectivity index (χ2v) is 16.8. The number of epoxide rings is 1. The van der Waals surface area contributed by atoms with Gasteiger partial charge in [-0.05, 0) is 51.1 Å². The van der Waals surface area contributed by atoms with Crippen molar-refractivity contribution in [1.82, 2.24) is 10.2 Å². The molecular formula is C36H50ClN3O9S2. The SMILES string of the molecule is COc1cc2cc(c1Cl)N(C)C(=O)C[C@H](OC(=O)[C@H](C)N(C)C(=O)CCSSC)[C@]1(C)O[C@@H]1[C@@H](C)[C@@H]1C[C@@](O)(NC(=O)O1)[C@H](C)/C=C/C=C(\C)C2. The lowest BCUT2D eigenvalue weighted by Gasteiger charge is -2.41. The summed E-state index contributed by atoms with van der Waals surface area (Å²) >= 11 is 6.75. The molecule has 2 fully saturated rings. The second-order valence-electron chi connectivity index (χ2n) is 13.8. The zero-order valence-electron chi connectivity index (χ0n) is 30.7. The Bertz CT molecular complexity index is 1560. The average molecular weight is 768 g/mol. The minimum absolute atomic E-state index is 0.0685. The molecule has 0 radical (unpaired) electrons. The standard InChI is InChI=1S/C36H50ClN3O9S2/c1-20-11-10-12-21(2)36(45)19-27(47-34(44)38-36)22(3)32-35(5,49-32)28(48-33(43)23(4)39(6)29(41)13-14-51-50-9)18-30(42)40(7)25-16-24(15-20)17-26(46-8)31(25)37/h10-12,16-17,21-23,27-28,32,45H,13-15,18-19H2,1-9H3,(H,38,44)/b12-10+,20-11+/t21-,22+,23+,27+,28+,32-,35+,36+/m1/s1. The molecule has 0 spiro atoms. The van der Waals surface area contributed by atoms with Crippen molar-refractivity contribution < 1.29 is 43.2 Å². The summed E-state index contributed by atoms with van der Waals surface area (Å²) in [6.07, 6.45) is 4.82. The summed E-state index contributed by atoms with van der Waals surface area (Å²) in [6.45, 7) is 8.92. The number of hydrogen-bond acceptors (Lipinski definition) is 11.